The van der Waals surface area contributed by atoms with Crippen molar-refractivity contribution in [1.29, 1.82) is 0 Å². The van der Waals surface area contributed by atoms with Crippen molar-refractivity contribution in [2.24, 2.45) is 4.99 Å². The first-order valence-corrected chi connectivity index (χ1v) is 5.72. The van der Waals surface area contributed by atoms with E-state index in [1.54, 1.807) is 42.6 Å². The summed E-state index contributed by atoms with van der Waals surface area (Å²) >= 11 is 3.10. The highest BCUT2D eigenvalue weighted by Gasteiger charge is 1.98. The van der Waals surface area contributed by atoms with Gasteiger partial charge in [-0.05, 0) is 64.0 Å². The molecule has 2 aromatic rings. The minimum Gasteiger partial charge on any atom is -0.508 e. The minimum absolute atomic E-state index is 0.215. The summed E-state index contributed by atoms with van der Waals surface area (Å²) in [5, 5.41) is 9.12. The van der Waals surface area contributed by atoms with E-state index in [4.69, 9.17) is 5.11 Å². The van der Waals surface area contributed by atoms with Gasteiger partial charge < -0.3 is 5.11 Å². The van der Waals surface area contributed by atoms with Gasteiger partial charge in [0.25, 0.3) is 0 Å². The van der Waals surface area contributed by atoms with Crippen molar-refractivity contribution >= 4 is 27.8 Å². The highest BCUT2D eigenvalue weighted by atomic mass is 79.9. The maximum Gasteiger partial charge on any atom is 0.137 e. The Morgan fingerprint density at radius 3 is 2.47 bits per heavy atom. The Morgan fingerprint density at radius 2 is 1.82 bits per heavy atom. The molecule has 2 rings (SSSR count). The predicted molar refractivity (Wildman–Crippen MR) is 69.5 cm³/mol. The topological polar surface area (TPSA) is 32.6 Å². The van der Waals surface area contributed by atoms with Crippen LogP contribution < -0.4 is 0 Å². The van der Waals surface area contributed by atoms with Crippen LogP contribution in [0.15, 0.2) is 51.9 Å². The van der Waals surface area contributed by atoms with Gasteiger partial charge in [0.05, 0.1) is 10.2 Å². The van der Waals surface area contributed by atoms with E-state index in [2.05, 4.69) is 20.9 Å². The Hall–Kier alpha value is -1.68. The minimum atomic E-state index is -0.311. The summed E-state index contributed by atoms with van der Waals surface area (Å²) in [6.07, 6.45) is 1.65. The van der Waals surface area contributed by atoms with E-state index in [1.807, 2.05) is 0 Å². The summed E-state index contributed by atoms with van der Waals surface area (Å²) in [5.41, 5.74) is 1.52. The summed E-state index contributed by atoms with van der Waals surface area (Å²) in [5.74, 6) is -0.0970. The summed E-state index contributed by atoms with van der Waals surface area (Å²) in [4.78, 5) is 4.20. The fourth-order valence-electron chi connectivity index (χ4n) is 1.27. The van der Waals surface area contributed by atoms with Crippen LogP contribution in [-0.2, 0) is 0 Å². The molecule has 17 heavy (non-hydrogen) atoms. The standard InChI is InChI=1S/C13H9BrFNO/c14-12-7-10(3-6-13(12)15)16-8-9-1-4-11(17)5-2-9/h1-8,17H. The van der Waals surface area contributed by atoms with Gasteiger partial charge in [-0.3, -0.25) is 4.99 Å². The number of nitrogens with zero attached hydrogens (tertiary/aromatic N) is 1. The van der Waals surface area contributed by atoms with Crippen molar-refractivity contribution in [2.45, 2.75) is 0 Å². The number of hydrogen-bond acceptors (Lipinski definition) is 2. The van der Waals surface area contributed by atoms with Crippen LogP contribution >= 0.6 is 15.9 Å². The lowest BCUT2D eigenvalue weighted by atomic mass is 10.2. The first-order chi connectivity index (χ1) is 8.15. The van der Waals surface area contributed by atoms with Crippen LogP contribution in [0.25, 0.3) is 0 Å². The second-order valence-electron chi connectivity index (χ2n) is 3.45. The molecule has 0 bridgehead atoms. The molecule has 0 radical (unpaired) electrons. The van der Waals surface area contributed by atoms with Crippen LogP contribution in [0.5, 0.6) is 5.75 Å². The van der Waals surface area contributed by atoms with Gasteiger partial charge in [0.2, 0.25) is 0 Å². The van der Waals surface area contributed by atoms with Crippen LogP contribution in [0.2, 0.25) is 0 Å². The van der Waals surface area contributed by atoms with Crippen LogP contribution in [0.3, 0.4) is 0 Å². The lowest BCUT2D eigenvalue weighted by molar-refractivity contribution is 0.475. The molecule has 86 valence electrons. The maximum absolute atomic E-state index is 13.0. The van der Waals surface area contributed by atoms with Crippen molar-refractivity contribution in [3.63, 3.8) is 0 Å². The molecular formula is C13H9BrFNO. The van der Waals surface area contributed by atoms with E-state index < -0.39 is 0 Å². The van der Waals surface area contributed by atoms with Gasteiger partial charge in [0.15, 0.2) is 0 Å². The molecule has 0 saturated carbocycles. The molecule has 0 saturated heterocycles. The average molecular weight is 294 g/mol. The fourth-order valence-corrected chi connectivity index (χ4v) is 1.64. The highest BCUT2D eigenvalue weighted by molar-refractivity contribution is 9.10. The molecule has 0 aliphatic carbocycles. The largest absolute Gasteiger partial charge is 0.508 e. The second-order valence-corrected chi connectivity index (χ2v) is 4.30. The number of benzene rings is 2. The Labute approximate surface area is 107 Å². The van der Waals surface area contributed by atoms with E-state index in [9.17, 15) is 4.39 Å². The molecule has 0 spiro atoms. The molecule has 0 amide bonds. The van der Waals surface area contributed by atoms with Gasteiger partial charge in [-0.15, -0.1) is 0 Å². The van der Waals surface area contributed by atoms with Crippen LogP contribution in [0.1, 0.15) is 5.56 Å². The average Bonchev–Trinajstić information content (AvgIpc) is 2.33. The Bertz CT molecular complexity index is 552. The third-order valence-electron chi connectivity index (χ3n) is 2.16. The van der Waals surface area contributed by atoms with Gasteiger partial charge in [-0.2, -0.15) is 0 Å². The van der Waals surface area contributed by atoms with E-state index in [0.29, 0.717) is 10.2 Å². The van der Waals surface area contributed by atoms with Gasteiger partial charge in [0, 0.05) is 6.21 Å². The lowest BCUT2D eigenvalue weighted by Gasteiger charge is -1.97. The van der Waals surface area contributed by atoms with Gasteiger partial charge >= 0.3 is 0 Å². The zero-order valence-electron chi connectivity index (χ0n) is 8.77. The molecule has 0 atom stereocenters. The molecule has 4 heteroatoms. The highest BCUT2D eigenvalue weighted by Crippen LogP contribution is 2.22. The van der Waals surface area contributed by atoms with Crippen molar-refractivity contribution in [3.8, 4) is 5.75 Å². The number of aliphatic imine (C=N–C) groups is 1. The van der Waals surface area contributed by atoms with Crippen molar-refractivity contribution in [1.82, 2.24) is 0 Å². The number of phenolic OH excluding ortho intramolecular Hbond substituents is 1. The normalized spacial score (nSPS) is 10.9. The van der Waals surface area contributed by atoms with Crippen molar-refractivity contribution < 1.29 is 9.50 Å². The molecular weight excluding hydrogens is 285 g/mol. The fraction of sp³-hybridized carbons (Fsp3) is 0. The van der Waals surface area contributed by atoms with E-state index in [1.165, 1.54) is 6.07 Å². The van der Waals surface area contributed by atoms with Crippen LogP contribution in [-0.4, -0.2) is 11.3 Å². The molecule has 0 heterocycles. The quantitative estimate of drug-likeness (QED) is 0.833. The summed E-state index contributed by atoms with van der Waals surface area (Å²) < 4.78 is 13.4. The van der Waals surface area contributed by atoms with Gasteiger partial charge in [-0.1, -0.05) is 0 Å². The van der Waals surface area contributed by atoms with E-state index in [-0.39, 0.29) is 11.6 Å². The molecule has 2 aromatic carbocycles. The third kappa shape index (κ3) is 3.14. The Kier molecular flexibility index (Phi) is 3.54. The maximum atomic E-state index is 13.0. The number of aromatic hydroxyl groups is 1. The van der Waals surface area contributed by atoms with Crippen molar-refractivity contribution in [2.75, 3.05) is 0 Å². The SMILES string of the molecule is Oc1ccc(C=Nc2ccc(F)c(Br)c2)cc1. The summed E-state index contributed by atoms with van der Waals surface area (Å²) in [6, 6.07) is 11.2. The van der Waals surface area contributed by atoms with Gasteiger partial charge in [0.1, 0.15) is 11.6 Å². The number of halogens is 2. The third-order valence-corrected chi connectivity index (χ3v) is 2.77. The number of rotatable bonds is 2. The zero-order valence-corrected chi connectivity index (χ0v) is 10.4. The molecule has 0 aliphatic rings. The first-order valence-electron chi connectivity index (χ1n) is 4.93. The van der Waals surface area contributed by atoms with E-state index >= 15 is 0 Å². The number of phenols is 1. The second kappa shape index (κ2) is 5.10. The zero-order chi connectivity index (χ0) is 12.3. The Morgan fingerprint density at radius 1 is 1.12 bits per heavy atom. The Balaban J connectivity index is 2.20. The van der Waals surface area contributed by atoms with E-state index in [0.717, 1.165) is 5.56 Å². The summed E-state index contributed by atoms with van der Waals surface area (Å²) in [7, 11) is 0. The summed E-state index contributed by atoms with van der Waals surface area (Å²) in [6.45, 7) is 0. The molecule has 0 unspecified atom stereocenters. The molecule has 0 aromatic heterocycles. The molecule has 1 N–H and O–H groups in total. The first kappa shape index (κ1) is 11.8. The van der Waals surface area contributed by atoms with Crippen molar-refractivity contribution in [3.05, 3.63) is 58.3 Å². The predicted octanol–water partition coefficient (Wildman–Crippen LogP) is 4.04. The molecule has 0 fully saturated rings. The molecule has 2 nitrogen and oxygen atoms in total. The molecule has 0 aliphatic heterocycles. The smallest absolute Gasteiger partial charge is 0.137 e. The monoisotopic (exact) mass is 293 g/mol. The number of hydrogen-bond donors (Lipinski definition) is 1. The van der Waals surface area contributed by atoms with Crippen LogP contribution in [0.4, 0.5) is 10.1 Å². The van der Waals surface area contributed by atoms with Crippen LogP contribution in [0, 0.1) is 5.82 Å². The van der Waals surface area contributed by atoms with Gasteiger partial charge in [-0.25, -0.2) is 4.39 Å². The lowest BCUT2D eigenvalue weighted by Crippen LogP contribution is -1.80.